The van der Waals surface area contributed by atoms with E-state index in [1.807, 2.05) is 16.7 Å². The molecule has 10 heteroatoms. The lowest BCUT2D eigenvalue weighted by atomic mass is 9.69. The van der Waals surface area contributed by atoms with Crippen LogP contribution in [0.15, 0.2) is 28.0 Å². The van der Waals surface area contributed by atoms with E-state index in [1.165, 1.54) is 16.6 Å². The van der Waals surface area contributed by atoms with Gasteiger partial charge in [0, 0.05) is 11.5 Å². The lowest BCUT2D eigenvalue weighted by molar-refractivity contribution is -0.113. The maximum absolute atomic E-state index is 13.0. The van der Waals surface area contributed by atoms with Crippen molar-refractivity contribution >= 4 is 34.0 Å². The van der Waals surface area contributed by atoms with Gasteiger partial charge in [-0.25, -0.2) is 0 Å². The van der Waals surface area contributed by atoms with Crippen molar-refractivity contribution in [2.24, 2.45) is 11.3 Å². The molecule has 37 heavy (non-hydrogen) atoms. The number of rotatable bonds is 9. The van der Waals surface area contributed by atoms with Crippen molar-refractivity contribution in [3.05, 3.63) is 34.4 Å². The SMILES string of the molecule is CCC(C)(C)C1CCc2c(sc(NC(=O)CSc3nnc(-c4ccco4)n3CC3CCCO3)c2C#N)C1. The number of hydrogen-bond donors (Lipinski definition) is 1. The van der Waals surface area contributed by atoms with Crippen LogP contribution < -0.4 is 5.32 Å². The van der Waals surface area contributed by atoms with E-state index in [0.717, 1.165) is 50.7 Å². The second kappa shape index (κ2) is 11.0. The molecule has 2 unspecified atom stereocenters. The zero-order valence-corrected chi connectivity index (χ0v) is 23.2. The van der Waals surface area contributed by atoms with Crippen LogP contribution in [0.2, 0.25) is 0 Å². The van der Waals surface area contributed by atoms with E-state index in [4.69, 9.17) is 9.15 Å². The monoisotopic (exact) mass is 539 g/mol. The highest BCUT2D eigenvalue weighted by molar-refractivity contribution is 7.99. The van der Waals surface area contributed by atoms with E-state index in [-0.39, 0.29) is 23.2 Å². The predicted octanol–water partition coefficient (Wildman–Crippen LogP) is 5.92. The summed E-state index contributed by atoms with van der Waals surface area (Å²) in [4.78, 5) is 14.2. The van der Waals surface area contributed by atoms with Gasteiger partial charge in [0.2, 0.25) is 11.7 Å². The van der Waals surface area contributed by atoms with Crippen LogP contribution >= 0.6 is 23.1 Å². The van der Waals surface area contributed by atoms with Crippen LogP contribution in [0.5, 0.6) is 0 Å². The average molecular weight is 540 g/mol. The number of amides is 1. The molecule has 0 radical (unpaired) electrons. The van der Waals surface area contributed by atoms with Gasteiger partial charge in [-0.15, -0.1) is 21.5 Å². The number of thiophene rings is 1. The summed E-state index contributed by atoms with van der Waals surface area (Å²) >= 11 is 2.90. The standard InChI is InChI=1S/C27H33N5O3S2/c1-4-27(2,3)17-9-10-19-20(14-28)25(37-22(19)13-17)29-23(33)16-36-26-31-30-24(21-8-6-12-35-21)32(26)15-18-7-5-11-34-18/h6,8,12,17-18H,4-5,7,9-11,13,15-16H2,1-3H3,(H,29,33). The fraction of sp³-hybridized carbons (Fsp3) is 0.556. The van der Waals surface area contributed by atoms with E-state index < -0.39 is 0 Å². The molecule has 5 rings (SSSR count). The molecule has 2 atom stereocenters. The van der Waals surface area contributed by atoms with Crippen molar-refractivity contribution in [2.75, 3.05) is 17.7 Å². The lowest BCUT2D eigenvalue weighted by Gasteiger charge is -2.36. The molecule has 2 aliphatic rings. The Kier molecular flexibility index (Phi) is 7.75. The van der Waals surface area contributed by atoms with E-state index in [2.05, 4.69) is 42.4 Å². The molecule has 1 amide bonds. The molecule has 1 fully saturated rings. The fourth-order valence-corrected chi connectivity index (χ4v) is 7.22. The number of thioether (sulfide) groups is 1. The number of nitrogens with zero attached hydrogens (tertiary/aromatic N) is 4. The van der Waals surface area contributed by atoms with Crippen LogP contribution in [0.25, 0.3) is 11.6 Å². The topological polar surface area (TPSA) is 106 Å². The Morgan fingerprint density at radius 3 is 2.95 bits per heavy atom. The quantitative estimate of drug-likeness (QED) is 0.336. The van der Waals surface area contributed by atoms with Crippen molar-refractivity contribution in [3.8, 4) is 17.7 Å². The van der Waals surface area contributed by atoms with Gasteiger partial charge in [-0.2, -0.15) is 5.26 Å². The summed E-state index contributed by atoms with van der Waals surface area (Å²) in [5.74, 6) is 1.87. The van der Waals surface area contributed by atoms with Crippen molar-refractivity contribution < 1.29 is 13.9 Å². The van der Waals surface area contributed by atoms with Gasteiger partial charge in [0.25, 0.3) is 0 Å². The van der Waals surface area contributed by atoms with Gasteiger partial charge in [-0.3, -0.25) is 9.36 Å². The van der Waals surface area contributed by atoms with E-state index in [1.54, 1.807) is 17.6 Å². The Morgan fingerprint density at radius 1 is 1.38 bits per heavy atom. The molecule has 3 aromatic rings. The summed E-state index contributed by atoms with van der Waals surface area (Å²) in [6.07, 6.45) is 7.81. The van der Waals surface area contributed by atoms with Crippen molar-refractivity contribution in [3.63, 3.8) is 0 Å². The van der Waals surface area contributed by atoms with Gasteiger partial charge in [-0.1, -0.05) is 39.0 Å². The number of hydrogen-bond acceptors (Lipinski definition) is 8. The van der Waals surface area contributed by atoms with Gasteiger partial charge in [-0.05, 0) is 61.1 Å². The largest absolute Gasteiger partial charge is 0.461 e. The maximum Gasteiger partial charge on any atom is 0.235 e. The van der Waals surface area contributed by atoms with Crippen LogP contribution in [-0.2, 0) is 28.9 Å². The number of ether oxygens (including phenoxy) is 1. The molecule has 1 aliphatic heterocycles. The second-order valence-electron chi connectivity index (χ2n) is 10.5. The van der Waals surface area contributed by atoms with Crippen LogP contribution in [-0.4, -0.2) is 39.1 Å². The number of carbonyl (C=O) groups is 1. The number of nitrogens with one attached hydrogen (secondary N) is 1. The highest BCUT2D eigenvalue weighted by atomic mass is 32.2. The summed E-state index contributed by atoms with van der Waals surface area (Å²) in [6, 6.07) is 6.03. The van der Waals surface area contributed by atoms with Crippen LogP contribution in [0, 0.1) is 22.7 Å². The highest BCUT2D eigenvalue weighted by Crippen LogP contribution is 2.45. The fourth-order valence-electron chi connectivity index (χ4n) is 5.18. The first-order valence-corrected chi connectivity index (χ1v) is 14.8. The molecule has 0 saturated carbocycles. The van der Waals surface area contributed by atoms with E-state index in [0.29, 0.717) is 39.8 Å². The Labute approximate surface area is 225 Å². The normalized spacial score (nSPS) is 19.5. The van der Waals surface area contributed by atoms with Gasteiger partial charge < -0.3 is 14.5 Å². The number of furan rings is 1. The van der Waals surface area contributed by atoms with Gasteiger partial charge in [0.15, 0.2) is 10.9 Å². The molecule has 1 aliphatic carbocycles. The minimum absolute atomic E-state index is 0.0926. The van der Waals surface area contributed by atoms with E-state index >= 15 is 0 Å². The molecular weight excluding hydrogens is 506 g/mol. The molecular formula is C27H33N5O3S2. The summed E-state index contributed by atoms with van der Waals surface area (Å²) in [5, 5.41) is 22.9. The van der Waals surface area contributed by atoms with Gasteiger partial charge in [0.1, 0.15) is 11.1 Å². The second-order valence-corrected chi connectivity index (χ2v) is 12.5. The highest BCUT2D eigenvalue weighted by Gasteiger charge is 2.34. The molecule has 0 bridgehead atoms. The first-order valence-electron chi connectivity index (χ1n) is 13.0. The third-order valence-electron chi connectivity index (χ3n) is 7.85. The maximum atomic E-state index is 13.0. The van der Waals surface area contributed by atoms with Crippen molar-refractivity contribution in [1.82, 2.24) is 14.8 Å². The molecule has 4 heterocycles. The first-order chi connectivity index (χ1) is 17.9. The number of nitriles is 1. The molecule has 3 aromatic heterocycles. The third kappa shape index (κ3) is 5.49. The molecule has 1 N–H and O–H groups in total. The Bertz CT molecular complexity index is 1280. The minimum Gasteiger partial charge on any atom is -0.461 e. The minimum atomic E-state index is -0.156. The summed E-state index contributed by atoms with van der Waals surface area (Å²) in [7, 11) is 0. The number of fused-ring (bicyclic) bond motifs is 1. The average Bonchev–Trinajstić information content (AvgIpc) is 3.69. The molecule has 1 saturated heterocycles. The molecule has 196 valence electrons. The van der Waals surface area contributed by atoms with Crippen molar-refractivity contribution in [1.29, 1.82) is 5.26 Å². The summed E-state index contributed by atoms with van der Waals surface area (Å²) in [6.45, 7) is 8.27. The Balaban J connectivity index is 1.28. The molecule has 0 aromatic carbocycles. The van der Waals surface area contributed by atoms with Gasteiger partial charge >= 0.3 is 0 Å². The summed E-state index contributed by atoms with van der Waals surface area (Å²) < 4.78 is 13.4. The Morgan fingerprint density at radius 2 is 2.24 bits per heavy atom. The van der Waals surface area contributed by atoms with Crippen LogP contribution in [0.4, 0.5) is 5.00 Å². The smallest absolute Gasteiger partial charge is 0.235 e. The molecule has 0 spiro atoms. The lowest BCUT2D eigenvalue weighted by Crippen LogP contribution is -2.28. The zero-order valence-electron chi connectivity index (χ0n) is 21.6. The van der Waals surface area contributed by atoms with Crippen LogP contribution in [0.1, 0.15) is 62.5 Å². The van der Waals surface area contributed by atoms with Crippen LogP contribution in [0.3, 0.4) is 0 Å². The van der Waals surface area contributed by atoms with Crippen molar-refractivity contribution in [2.45, 2.75) is 77.1 Å². The van der Waals surface area contributed by atoms with E-state index in [9.17, 15) is 10.1 Å². The number of anilines is 1. The Hall–Kier alpha value is -2.61. The third-order valence-corrected chi connectivity index (χ3v) is 9.98. The van der Waals surface area contributed by atoms with Gasteiger partial charge in [0.05, 0.1) is 30.2 Å². The number of aromatic nitrogens is 3. The predicted molar refractivity (Wildman–Crippen MR) is 145 cm³/mol. The number of carbonyl (C=O) groups excluding carboxylic acids is 1. The first kappa shape index (κ1) is 26.0. The summed E-state index contributed by atoms with van der Waals surface area (Å²) in [5.41, 5.74) is 2.02. The zero-order chi connectivity index (χ0) is 26.0. The molecule has 8 nitrogen and oxygen atoms in total.